The summed E-state index contributed by atoms with van der Waals surface area (Å²) in [6.07, 6.45) is 0. The maximum absolute atomic E-state index is 5.70. The largest absolute Gasteiger partial charge is 0.493 e. The molecule has 4 heteroatoms. The van der Waals surface area contributed by atoms with Gasteiger partial charge in [-0.25, -0.2) is 0 Å². The fourth-order valence-electron chi connectivity index (χ4n) is 0.984. The van der Waals surface area contributed by atoms with Crippen LogP contribution in [0.25, 0.3) is 0 Å². The maximum atomic E-state index is 5.70. The molecule has 15 heavy (non-hydrogen) atoms. The Bertz CT molecular complexity index is 278. The van der Waals surface area contributed by atoms with Crippen LogP contribution in [0.2, 0.25) is 0 Å². The van der Waals surface area contributed by atoms with Crippen LogP contribution in [0.4, 0.5) is 0 Å². The highest BCUT2D eigenvalue weighted by Crippen LogP contribution is 2.17. The Kier molecular flexibility index (Phi) is 6.53. The standard InChI is InChI=1S/C11H14BrClOS/c1-9(8-13)15-7-6-14-11-4-2-10(12)3-5-11/h2-5,9H,6-8H2,1H3. The highest BCUT2D eigenvalue weighted by atomic mass is 79.9. The molecule has 0 saturated heterocycles. The highest BCUT2D eigenvalue weighted by Gasteiger charge is 2.00. The summed E-state index contributed by atoms with van der Waals surface area (Å²) >= 11 is 10.9. The summed E-state index contributed by atoms with van der Waals surface area (Å²) in [5.74, 6) is 2.59. The molecule has 0 aromatic heterocycles. The van der Waals surface area contributed by atoms with E-state index in [1.807, 2.05) is 36.0 Å². The molecule has 1 nitrogen and oxygen atoms in total. The number of thioether (sulfide) groups is 1. The van der Waals surface area contributed by atoms with Gasteiger partial charge in [-0.05, 0) is 24.3 Å². The van der Waals surface area contributed by atoms with E-state index >= 15 is 0 Å². The third kappa shape index (κ3) is 5.69. The molecule has 1 atom stereocenters. The van der Waals surface area contributed by atoms with Crippen molar-refractivity contribution < 1.29 is 4.74 Å². The van der Waals surface area contributed by atoms with E-state index < -0.39 is 0 Å². The first-order valence-corrected chi connectivity index (χ1v) is 7.16. The lowest BCUT2D eigenvalue weighted by Crippen LogP contribution is -2.05. The molecule has 0 fully saturated rings. The van der Waals surface area contributed by atoms with Crippen molar-refractivity contribution in [1.29, 1.82) is 0 Å². The molecule has 0 aliphatic rings. The smallest absolute Gasteiger partial charge is 0.119 e. The normalized spacial score (nSPS) is 12.5. The molecule has 0 bridgehead atoms. The number of benzene rings is 1. The number of hydrogen-bond acceptors (Lipinski definition) is 2. The van der Waals surface area contributed by atoms with E-state index in [0.29, 0.717) is 11.1 Å². The Labute approximate surface area is 109 Å². The van der Waals surface area contributed by atoms with Crippen LogP contribution >= 0.6 is 39.3 Å². The first-order valence-electron chi connectivity index (χ1n) is 4.78. The van der Waals surface area contributed by atoms with Gasteiger partial charge in [-0.3, -0.25) is 0 Å². The minimum absolute atomic E-state index is 0.500. The third-order valence-electron chi connectivity index (χ3n) is 1.79. The van der Waals surface area contributed by atoms with Crippen molar-refractivity contribution in [3.05, 3.63) is 28.7 Å². The Morgan fingerprint density at radius 3 is 2.67 bits per heavy atom. The molecule has 0 aliphatic heterocycles. The Hall–Kier alpha value is 0.140. The summed E-state index contributed by atoms with van der Waals surface area (Å²) < 4.78 is 6.64. The Morgan fingerprint density at radius 1 is 1.40 bits per heavy atom. The van der Waals surface area contributed by atoms with Crippen LogP contribution in [0.3, 0.4) is 0 Å². The molecule has 0 radical (unpaired) electrons. The fourth-order valence-corrected chi connectivity index (χ4v) is 2.19. The van der Waals surface area contributed by atoms with Gasteiger partial charge in [0.05, 0.1) is 6.61 Å². The Morgan fingerprint density at radius 2 is 2.07 bits per heavy atom. The van der Waals surface area contributed by atoms with Crippen LogP contribution in [0, 0.1) is 0 Å². The van der Waals surface area contributed by atoms with E-state index in [4.69, 9.17) is 16.3 Å². The van der Waals surface area contributed by atoms with Crippen molar-refractivity contribution in [1.82, 2.24) is 0 Å². The molecule has 0 amide bonds. The third-order valence-corrected chi connectivity index (χ3v) is 4.10. The van der Waals surface area contributed by atoms with Crippen molar-refractivity contribution in [2.45, 2.75) is 12.2 Å². The number of ether oxygens (including phenoxy) is 1. The number of alkyl halides is 1. The second kappa shape index (κ2) is 7.42. The SMILES string of the molecule is CC(CCl)SCCOc1ccc(Br)cc1. The van der Waals surface area contributed by atoms with Gasteiger partial charge in [-0.2, -0.15) is 11.8 Å². The van der Waals surface area contributed by atoms with Crippen molar-refractivity contribution in [2.24, 2.45) is 0 Å². The van der Waals surface area contributed by atoms with Crippen LogP contribution in [-0.2, 0) is 0 Å². The van der Waals surface area contributed by atoms with E-state index in [1.165, 1.54) is 0 Å². The molecule has 1 unspecified atom stereocenters. The second-order valence-corrected chi connectivity index (χ2v) is 5.91. The van der Waals surface area contributed by atoms with E-state index in [-0.39, 0.29) is 0 Å². The fraction of sp³-hybridized carbons (Fsp3) is 0.455. The van der Waals surface area contributed by atoms with Gasteiger partial charge in [0.1, 0.15) is 5.75 Å². The summed E-state index contributed by atoms with van der Waals surface area (Å²) in [4.78, 5) is 0. The van der Waals surface area contributed by atoms with E-state index in [2.05, 4.69) is 22.9 Å². The minimum atomic E-state index is 0.500. The molecule has 1 aromatic carbocycles. The molecule has 0 heterocycles. The Balaban J connectivity index is 2.17. The lowest BCUT2D eigenvalue weighted by atomic mass is 10.3. The summed E-state index contributed by atoms with van der Waals surface area (Å²) in [6.45, 7) is 2.85. The molecule has 0 N–H and O–H groups in total. The number of hydrogen-bond donors (Lipinski definition) is 0. The molecular weight excluding hydrogens is 296 g/mol. The van der Waals surface area contributed by atoms with E-state index in [9.17, 15) is 0 Å². The molecule has 1 rings (SSSR count). The summed E-state index contributed by atoms with van der Waals surface area (Å²) in [5.41, 5.74) is 0. The lowest BCUT2D eigenvalue weighted by Gasteiger charge is -2.08. The predicted molar refractivity (Wildman–Crippen MR) is 72.3 cm³/mol. The van der Waals surface area contributed by atoms with E-state index in [1.54, 1.807) is 0 Å². The van der Waals surface area contributed by atoms with Crippen LogP contribution in [0.1, 0.15) is 6.92 Å². The lowest BCUT2D eigenvalue weighted by molar-refractivity contribution is 0.344. The van der Waals surface area contributed by atoms with E-state index in [0.717, 1.165) is 22.6 Å². The van der Waals surface area contributed by atoms with Crippen LogP contribution < -0.4 is 4.74 Å². The monoisotopic (exact) mass is 308 g/mol. The quantitative estimate of drug-likeness (QED) is 0.575. The van der Waals surface area contributed by atoms with Gasteiger partial charge in [-0.1, -0.05) is 22.9 Å². The maximum Gasteiger partial charge on any atom is 0.119 e. The average molecular weight is 310 g/mol. The van der Waals surface area contributed by atoms with Gasteiger partial charge in [0, 0.05) is 21.4 Å². The molecule has 0 spiro atoms. The van der Waals surface area contributed by atoms with Crippen LogP contribution in [-0.4, -0.2) is 23.5 Å². The molecule has 84 valence electrons. The molecule has 0 aliphatic carbocycles. The van der Waals surface area contributed by atoms with Gasteiger partial charge in [0.15, 0.2) is 0 Å². The topological polar surface area (TPSA) is 9.23 Å². The van der Waals surface area contributed by atoms with Crippen molar-refractivity contribution in [3.63, 3.8) is 0 Å². The summed E-state index contributed by atoms with van der Waals surface area (Å²) in [6, 6.07) is 7.87. The summed E-state index contributed by atoms with van der Waals surface area (Å²) in [7, 11) is 0. The zero-order chi connectivity index (χ0) is 11.1. The van der Waals surface area contributed by atoms with Gasteiger partial charge in [0.25, 0.3) is 0 Å². The van der Waals surface area contributed by atoms with Crippen molar-refractivity contribution >= 4 is 39.3 Å². The number of rotatable bonds is 6. The second-order valence-electron chi connectivity index (χ2n) is 3.14. The van der Waals surface area contributed by atoms with Crippen LogP contribution in [0.5, 0.6) is 5.75 Å². The minimum Gasteiger partial charge on any atom is -0.493 e. The highest BCUT2D eigenvalue weighted by molar-refractivity contribution is 9.10. The van der Waals surface area contributed by atoms with Gasteiger partial charge >= 0.3 is 0 Å². The van der Waals surface area contributed by atoms with Gasteiger partial charge < -0.3 is 4.74 Å². The molecule has 0 saturated carbocycles. The average Bonchev–Trinajstić information content (AvgIpc) is 2.26. The zero-order valence-electron chi connectivity index (χ0n) is 8.58. The first kappa shape index (κ1) is 13.2. The number of halogens is 2. The van der Waals surface area contributed by atoms with Gasteiger partial charge in [0.2, 0.25) is 0 Å². The zero-order valence-corrected chi connectivity index (χ0v) is 11.7. The molecule has 1 aromatic rings. The summed E-state index contributed by atoms with van der Waals surface area (Å²) in [5, 5.41) is 0.500. The van der Waals surface area contributed by atoms with Crippen molar-refractivity contribution in [3.8, 4) is 5.75 Å². The van der Waals surface area contributed by atoms with Crippen molar-refractivity contribution in [2.75, 3.05) is 18.2 Å². The molecular formula is C11H14BrClOS. The van der Waals surface area contributed by atoms with Crippen LogP contribution in [0.15, 0.2) is 28.7 Å². The predicted octanol–water partition coefficient (Wildman–Crippen LogP) is 4.19. The van der Waals surface area contributed by atoms with Gasteiger partial charge in [-0.15, -0.1) is 11.6 Å². The first-order chi connectivity index (χ1) is 7.22.